The van der Waals surface area contributed by atoms with Crippen LogP contribution < -0.4 is 10.0 Å². The highest BCUT2D eigenvalue weighted by molar-refractivity contribution is 7.91. The number of anilines is 1. The largest absolute Gasteiger partial charge is 0.350 e. The molecule has 2 aromatic rings. The summed E-state index contributed by atoms with van der Waals surface area (Å²) in [6.45, 7) is 3.78. The van der Waals surface area contributed by atoms with Crippen molar-refractivity contribution in [3.63, 3.8) is 0 Å². The molecule has 8 nitrogen and oxygen atoms in total. The van der Waals surface area contributed by atoms with E-state index >= 15 is 0 Å². The number of hydrogen-bond donors (Lipinski definition) is 2. The van der Waals surface area contributed by atoms with E-state index in [-0.39, 0.29) is 34.5 Å². The molecule has 9 heteroatoms. The molecular weight excluding hydrogens is 370 g/mol. The first kappa shape index (κ1) is 20.4. The lowest BCUT2D eigenvalue weighted by molar-refractivity contribution is -0.384. The second-order valence-electron chi connectivity index (χ2n) is 6.12. The van der Waals surface area contributed by atoms with Gasteiger partial charge in [0.25, 0.3) is 11.6 Å². The Bertz CT molecular complexity index is 944. The van der Waals surface area contributed by atoms with Gasteiger partial charge < -0.3 is 5.32 Å². The average Bonchev–Trinajstić information content (AvgIpc) is 2.61. The van der Waals surface area contributed by atoms with Gasteiger partial charge in [-0.1, -0.05) is 31.2 Å². The molecule has 2 aromatic carbocycles. The highest BCUT2D eigenvalue weighted by atomic mass is 32.2. The highest BCUT2D eigenvalue weighted by Gasteiger charge is 2.19. The molecule has 0 heterocycles. The summed E-state index contributed by atoms with van der Waals surface area (Å²) in [5.74, 6) is -0.825. The van der Waals surface area contributed by atoms with Gasteiger partial charge in [-0.15, -0.1) is 0 Å². The molecule has 27 heavy (non-hydrogen) atoms. The van der Waals surface area contributed by atoms with Gasteiger partial charge in [0, 0.05) is 18.2 Å². The summed E-state index contributed by atoms with van der Waals surface area (Å²) in [6, 6.07) is 11.7. The maximum atomic E-state index is 12.5. The number of hydrogen-bond acceptors (Lipinski definition) is 5. The topological polar surface area (TPSA) is 118 Å². The van der Waals surface area contributed by atoms with E-state index < -0.39 is 20.7 Å². The normalized spacial score (nSPS) is 12.2. The number of nitro benzene ring substituents is 1. The first-order valence-corrected chi connectivity index (χ1v) is 10.0. The number of sulfonamides is 1. The van der Waals surface area contributed by atoms with Gasteiger partial charge in [-0.25, -0.2) is 8.42 Å². The smallest absolute Gasteiger partial charge is 0.269 e. The Labute approximate surface area is 157 Å². The van der Waals surface area contributed by atoms with Crippen LogP contribution >= 0.6 is 0 Å². The van der Waals surface area contributed by atoms with E-state index in [0.29, 0.717) is 0 Å². The van der Waals surface area contributed by atoms with Crippen molar-refractivity contribution in [2.75, 3.05) is 4.72 Å². The zero-order chi connectivity index (χ0) is 20.0. The quantitative estimate of drug-likeness (QED) is 0.529. The first-order chi connectivity index (χ1) is 12.7. The molecule has 0 radical (unpaired) electrons. The van der Waals surface area contributed by atoms with Crippen LogP contribution in [0, 0.1) is 10.1 Å². The second kappa shape index (κ2) is 8.63. The molecule has 0 spiro atoms. The molecular formula is C18H21N3O5S. The second-order valence-corrected chi connectivity index (χ2v) is 7.84. The van der Waals surface area contributed by atoms with E-state index in [1.54, 1.807) is 12.1 Å². The fourth-order valence-electron chi connectivity index (χ4n) is 2.36. The highest BCUT2D eigenvalue weighted by Crippen LogP contribution is 2.20. The summed E-state index contributed by atoms with van der Waals surface area (Å²) in [4.78, 5) is 22.6. The fourth-order valence-corrected chi connectivity index (χ4v) is 3.56. The molecule has 1 unspecified atom stereocenters. The summed E-state index contributed by atoms with van der Waals surface area (Å²) in [6.07, 6.45) is 0.742. The maximum Gasteiger partial charge on any atom is 0.269 e. The molecule has 0 fully saturated rings. The predicted octanol–water partition coefficient (Wildman–Crippen LogP) is 3.07. The van der Waals surface area contributed by atoms with Crippen molar-refractivity contribution in [3.05, 3.63) is 69.8 Å². The Balaban J connectivity index is 2.22. The molecule has 2 N–H and O–H groups in total. The molecule has 0 aromatic heterocycles. The predicted molar refractivity (Wildman–Crippen MR) is 103 cm³/mol. The van der Waals surface area contributed by atoms with Gasteiger partial charge in [0.2, 0.25) is 10.0 Å². The molecule has 0 saturated heterocycles. The maximum absolute atomic E-state index is 12.5. The van der Waals surface area contributed by atoms with Gasteiger partial charge in [0.15, 0.2) is 0 Å². The molecule has 1 amide bonds. The number of carbonyl (C=O) groups is 1. The van der Waals surface area contributed by atoms with Crippen molar-refractivity contribution in [1.82, 2.24) is 5.32 Å². The number of nitrogens with zero attached hydrogens (tertiary/aromatic N) is 1. The third-order valence-corrected chi connectivity index (χ3v) is 5.15. The van der Waals surface area contributed by atoms with Gasteiger partial charge >= 0.3 is 0 Å². The van der Waals surface area contributed by atoms with Crippen molar-refractivity contribution >= 4 is 27.3 Å². The van der Waals surface area contributed by atoms with Crippen LogP contribution in [0.1, 0.15) is 36.2 Å². The number of benzene rings is 2. The van der Waals surface area contributed by atoms with Crippen LogP contribution in [0.25, 0.3) is 0 Å². The van der Waals surface area contributed by atoms with Crippen molar-refractivity contribution in [1.29, 1.82) is 0 Å². The summed E-state index contributed by atoms with van der Waals surface area (Å²) in [7, 11) is -3.87. The third kappa shape index (κ3) is 5.78. The van der Waals surface area contributed by atoms with Crippen molar-refractivity contribution < 1.29 is 18.1 Å². The SMILES string of the molecule is CCC(C)NC(=O)c1ccccc1NS(=O)(=O)Cc1cccc([N+](=O)[O-])c1. The minimum absolute atomic E-state index is 0.0490. The molecule has 144 valence electrons. The summed E-state index contributed by atoms with van der Waals surface area (Å²) in [5, 5.41) is 13.6. The lowest BCUT2D eigenvalue weighted by Crippen LogP contribution is -2.32. The summed E-state index contributed by atoms with van der Waals surface area (Å²) >= 11 is 0. The standard InChI is InChI=1S/C18H21N3O5S/c1-3-13(2)19-18(22)16-9-4-5-10-17(16)20-27(25,26)12-14-7-6-8-15(11-14)21(23)24/h4-11,13,20H,3,12H2,1-2H3,(H,19,22). The number of para-hydroxylation sites is 1. The Morgan fingerprint density at radius 2 is 1.89 bits per heavy atom. The van der Waals surface area contributed by atoms with Crippen LogP contribution in [-0.2, 0) is 15.8 Å². The van der Waals surface area contributed by atoms with Gasteiger partial charge in [-0.05, 0) is 31.0 Å². The fraction of sp³-hybridized carbons (Fsp3) is 0.278. The van der Waals surface area contributed by atoms with E-state index in [1.807, 2.05) is 13.8 Å². The lowest BCUT2D eigenvalue weighted by Gasteiger charge is -2.15. The zero-order valence-corrected chi connectivity index (χ0v) is 15.8. The van der Waals surface area contributed by atoms with E-state index in [4.69, 9.17) is 0 Å². The lowest BCUT2D eigenvalue weighted by atomic mass is 10.1. The molecule has 0 aliphatic heterocycles. The molecule has 2 rings (SSSR count). The van der Waals surface area contributed by atoms with Crippen LogP contribution in [0.2, 0.25) is 0 Å². The Morgan fingerprint density at radius 3 is 2.56 bits per heavy atom. The number of rotatable bonds is 8. The van der Waals surface area contributed by atoms with E-state index in [2.05, 4.69) is 10.0 Å². The van der Waals surface area contributed by atoms with Gasteiger partial charge in [-0.2, -0.15) is 0 Å². The number of carbonyl (C=O) groups excluding carboxylic acids is 1. The van der Waals surface area contributed by atoms with Gasteiger partial charge in [0.1, 0.15) is 0 Å². The van der Waals surface area contributed by atoms with Crippen LogP contribution in [0.15, 0.2) is 48.5 Å². The van der Waals surface area contributed by atoms with Crippen LogP contribution in [-0.4, -0.2) is 25.3 Å². The number of non-ortho nitro benzene ring substituents is 1. The van der Waals surface area contributed by atoms with Crippen LogP contribution in [0.5, 0.6) is 0 Å². The number of nitrogens with one attached hydrogen (secondary N) is 2. The van der Waals surface area contributed by atoms with Gasteiger partial charge in [-0.3, -0.25) is 19.6 Å². The van der Waals surface area contributed by atoms with E-state index in [0.717, 1.165) is 6.42 Å². The average molecular weight is 391 g/mol. The minimum Gasteiger partial charge on any atom is -0.350 e. The Morgan fingerprint density at radius 1 is 1.19 bits per heavy atom. The summed E-state index contributed by atoms with van der Waals surface area (Å²) in [5.41, 5.74) is 0.457. The molecule has 0 saturated carbocycles. The third-order valence-electron chi connectivity index (χ3n) is 3.91. The monoisotopic (exact) mass is 391 g/mol. The van der Waals surface area contributed by atoms with Crippen molar-refractivity contribution in [3.8, 4) is 0 Å². The van der Waals surface area contributed by atoms with E-state index in [1.165, 1.54) is 36.4 Å². The molecule has 1 atom stereocenters. The number of amides is 1. The van der Waals surface area contributed by atoms with Crippen LogP contribution in [0.4, 0.5) is 11.4 Å². The van der Waals surface area contributed by atoms with Crippen molar-refractivity contribution in [2.24, 2.45) is 0 Å². The Hall–Kier alpha value is -2.94. The number of nitro groups is 1. The summed E-state index contributed by atoms with van der Waals surface area (Å²) < 4.78 is 27.4. The molecule has 0 bridgehead atoms. The Kier molecular flexibility index (Phi) is 6.51. The zero-order valence-electron chi connectivity index (χ0n) is 15.0. The molecule has 0 aliphatic carbocycles. The first-order valence-electron chi connectivity index (χ1n) is 8.35. The van der Waals surface area contributed by atoms with Crippen molar-refractivity contribution in [2.45, 2.75) is 32.1 Å². The molecule has 0 aliphatic rings. The minimum atomic E-state index is -3.87. The van der Waals surface area contributed by atoms with E-state index in [9.17, 15) is 23.3 Å². The van der Waals surface area contributed by atoms with Crippen LogP contribution in [0.3, 0.4) is 0 Å². The van der Waals surface area contributed by atoms with Gasteiger partial charge in [0.05, 0.1) is 21.9 Å².